The van der Waals surface area contributed by atoms with E-state index in [1.807, 2.05) is 0 Å². The number of hydrogen-bond donors (Lipinski definition) is 1. The molecular weight excluding hydrogens is 443 g/mol. The van der Waals surface area contributed by atoms with Crippen LogP contribution in [-0.2, 0) is 9.53 Å². The Morgan fingerprint density at radius 2 is 1.76 bits per heavy atom. The third-order valence-electron chi connectivity index (χ3n) is 5.41. The van der Waals surface area contributed by atoms with Gasteiger partial charge < -0.3 is 19.5 Å². The molecule has 0 bridgehead atoms. The van der Waals surface area contributed by atoms with Crippen molar-refractivity contribution in [2.75, 3.05) is 24.7 Å². The lowest BCUT2D eigenvalue weighted by Crippen LogP contribution is -2.53. The van der Waals surface area contributed by atoms with Gasteiger partial charge in [-0.05, 0) is 45.0 Å². The molecule has 2 aliphatic heterocycles. The summed E-state index contributed by atoms with van der Waals surface area (Å²) in [7, 11) is 0. The first-order valence-electron chi connectivity index (χ1n) is 10.6. The van der Waals surface area contributed by atoms with E-state index in [1.165, 1.54) is 6.92 Å². The molecule has 1 aromatic rings. The number of carboxylic acids is 1. The number of amides is 1. The third-order valence-corrected chi connectivity index (χ3v) is 5.41. The van der Waals surface area contributed by atoms with E-state index in [1.54, 1.807) is 49.9 Å². The van der Waals surface area contributed by atoms with E-state index in [4.69, 9.17) is 14.6 Å². The van der Waals surface area contributed by atoms with Gasteiger partial charge in [0.15, 0.2) is 0 Å². The Hall–Kier alpha value is -2.98. The van der Waals surface area contributed by atoms with Crippen LogP contribution < -0.4 is 9.75 Å². The number of hydrogen-bond acceptors (Lipinski definition) is 6. The number of likely N-dealkylation sites (tertiary alicyclic amines) is 1. The van der Waals surface area contributed by atoms with E-state index >= 15 is 0 Å². The van der Waals surface area contributed by atoms with Crippen molar-refractivity contribution in [3.8, 4) is 5.75 Å². The normalized spacial score (nSPS) is 21.5. The SMILES string of the molecule is C[C@@H]1C(C(F)(F)F)=NN(c2ccc(OCC3CN(C(=O)OC(C)(C)C)C3)cc2)[C@H]1CC(=O)O. The van der Waals surface area contributed by atoms with Crippen LogP contribution in [0, 0.1) is 11.8 Å². The molecule has 2 aliphatic rings. The Morgan fingerprint density at radius 3 is 2.27 bits per heavy atom. The Morgan fingerprint density at radius 1 is 1.15 bits per heavy atom. The average Bonchev–Trinajstić information content (AvgIpc) is 2.96. The largest absolute Gasteiger partial charge is 0.493 e. The van der Waals surface area contributed by atoms with Crippen molar-refractivity contribution in [1.82, 2.24) is 4.90 Å². The van der Waals surface area contributed by atoms with Crippen molar-refractivity contribution >= 4 is 23.5 Å². The molecule has 0 unspecified atom stereocenters. The number of halogens is 3. The van der Waals surface area contributed by atoms with Gasteiger partial charge in [-0.3, -0.25) is 9.80 Å². The Labute approximate surface area is 189 Å². The Balaban J connectivity index is 1.58. The molecule has 0 aromatic heterocycles. The molecule has 0 aliphatic carbocycles. The summed E-state index contributed by atoms with van der Waals surface area (Å²) in [5.41, 5.74) is -1.20. The molecule has 1 saturated heterocycles. The number of nitrogens with zero attached hydrogens (tertiary/aromatic N) is 3. The van der Waals surface area contributed by atoms with Crippen LogP contribution in [0.5, 0.6) is 5.75 Å². The van der Waals surface area contributed by atoms with Gasteiger partial charge in [-0.25, -0.2) is 4.79 Å². The number of aliphatic carboxylic acids is 1. The number of rotatable bonds is 6. The van der Waals surface area contributed by atoms with Crippen LogP contribution in [0.15, 0.2) is 29.4 Å². The Kier molecular flexibility index (Phi) is 6.80. The van der Waals surface area contributed by atoms with E-state index in [-0.39, 0.29) is 12.0 Å². The molecule has 33 heavy (non-hydrogen) atoms. The standard InChI is InChI=1S/C22H28F3N3O5/c1-13-17(9-18(29)30)28(26-19(13)22(23,24)25)15-5-7-16(8-6-15)32-12-14-10-27(11-14)20(31)33-21(2,3)4/h5-8,13-14,17H,9-12H2,1-4H3,(H,29,30)/t13-,17-/m0/s1. The zero-order chi connectivity index (χ0) is 24.6. The van der Waals surface area contributed by atoms with Crippen LogP contribution in [0.3, 0.4) is 0 Å². The van der Waals surface area contributed by atoms with E-state index in [2.05, 4.69) is 5.10 Å². The van der Waals surface area contributed by atoms with Gasteiger partial charge in [0.05, 0.1) is 24.8 Å². The fourth-order valence-corrected chi connectivity index (χ4v) is 3.74. The van der Waals surface area contributed by atoms with Gasteiger partial charge in [-0.2, -0.15) is 18.3 Å². The first kappa shape index (κ1) is 24.7. The number of carbonyl (C=O) groups is 2. The van der Waals surface area contributed by atoms with E-state index in [0.29, 0.717) is 31.1 Å². The van der Waals surface area contributed by atoms with E-state index < -0.39 is 41.8 Å². The smallest absolute Gasteiger partial charge is 0.431 e. The lowest BCUT2D eigenvalue weighted by atomic mass is 9.94. The van der Waals surface area contributed by atoms with Crippen molar-refractivity contribution in [2.24, 2.45) is 16.9 Å². The van der Waals surface area contributed by atoms with Gasteiger partial charge in [0, 0.05) is 24.9 Å². The van der Waals surface area contributed by atoms with Crippen LogP contribution in [0.2, 0.25) is 0 Å². The minimum Gasteiger partial charge on any atom is -0.493 e. The van der Waals surface area contributed by atoms with Crippen molar-refractivity contribution in [3.63, 3.8) is 0 Å². The second kappa shape index (κ2) is 9.11. The number of benzene rings is 1. The minimum absolute atomic E-state index is 0.149. The molecule has 2 heterocycles. The summed E-state index contributed by atoms with van der Waals surface area (Å²) in [4.78, 5) is 24.8. The summed E-state index contributed by atoms with van der Waals surface area (Å²) in [6.07, 6.45) is -5.47. The highest BCUT2D eigenvalue weighted by Gasteiger charge is 2.48. The number of alkyl halides is 3. The summed E-state index contributed by atoms with van der Waals surface area (Å²) in [5, 5.41) is 14.0. The third kappa shape index (κ3) is 6.08. The maximum absolute atomic E-state index is 13.3. The minimum atomic E-state index is -4.63. The fourth-order valence-electron chi connectivity index (χ4n) is 3.74. The molecule has 2 atom stereocenters. The van der Waals surface area contributed by atoms with Gasteiger partial charge in [0.25, 0.3) is 0 Å². The average molecular weight is 471 g/mol. The molecular formula is C22H28F3N3O5. The highest BCUT2D eigenvalue weighted by Crippen LogP contribution is 2.36. The maximum atomic E-state index is 13.3. The summed E-state index contributed by atoms with van der Waals surface area (Å²) in [6, 6.07) is 5.35. The first-order chi connectivity index (χ1) is 15.2. The number of ether oxygens (including phenoxy) is 2. The molecule has 8 nitrogen and oxygen atoms in total. The zero-order valence-corrected chi connectivity index (χ0v) is 18.9. The highest BCUT2D eigenvalue weighted by molar-refractivity contribution is 5.95. The summed E-state index contributed by atoms with van der Waals surface area (Å²) in [6.45, 7) is 8.15. The van der Waals surface area contributed by atoms with Crippen LogP contribution in [0.1, 0.15) is 34.1 Å². The molecule has 3 rings (SSSR count). The molecule has 0 radical (unpaired) electrons. The predicted octanol–water partition coefficient (Wildman–Crippen LogP) is 4.15. The fraction of sp³-hybridized carbons (Fsp3) is 0.591. The van der Waals surface area contributed by atoms with Gasteiger partial charge in [-0.15, -0.1) is 0 Å². The molecule has 1 fully saturated rings. The van der Waals surface area contributed by atoms with Gasteiger partial charge in [0.2, 0.25) is 0 Å². The molecule has 182 valence electrons. The van der Waals surface area contributed by atoms with Gasteiger partial charge in [0.1, 0.15) is 17.1 Å². The lowest BCUT2D eigenvalue weighted by molar-refractivity contribution is -0.137. The molecule has 11 heteroatoms. The summed E-state index contributed by atoms with van der Waals surface area (Å²) in [5.74, 6) is -1.62. The summed E-state index contributed by atoms with van der Waals surface area (Å²) < 4.78 is 50.9. The quantitative estimate of drug-likeness (QED) is 0.670. The summed E-state index contributed by atoms with van der Waals surface area (Å²) >= 11 is 0. The van der Waals surface area contributed by atoms with Crippen molar-refractivity contribution in [1.29, 1.82) is 0 Å². The number of anilines is 1. The Bertz CT molecular complexity index is 905. The van der Waals surface area contributed by atoms with Crippen LogP contribution in [0.25, 0.3) is 0 Å². The highest BCUT2D eigenvalue weighted by atomic mass is 19.4. The number of hydrazone groups is 1. The van der Waals surface area contributed by atoms with E-state index in [9.17, 15) is 22.8 Å². The van der Waals surface area contributed by atoms with Crippen molar-refractivity contribution in [2.45, 2.75) is 51.9 Å². The van der Waals surface area contributed by atoms with Crippen molar-refractivity contribution in [3.05, 3.63) is 24.3 Å². The topological polar surface area (TPSA) is 91.7 Å². The van der Waals surface area contributed by atoms with E-state index in [0.717, 1.165) is 5.01 Å². The van der Waals surface area contributed by atoms with Crippen LogP contribution in [-0.4, -0.2) is 65.3 Å². The molecule has 0 spiro atoms. The van der Waals surface area contributed by atoms with Gasteiger partial charge in [-0.1, -0.05) is 6.92 Å². The first-order valence-corrected chi connectivity index (χ1v) is 10.6. The maximum Gasteiger partial charge on any atom is 0.431 e. The van der Waals surface area contributed by atoms with Crippen LogP contribution >= 0.6 is 0 Å². The molecule has 1 N–H and O–H groups in total. The second-order valence-corrected chi connectivity index (χ2v) is 9.34. The van der Waals surface area contributed by atoms with Gasteiger partial charge >= 0.3 is 18.2 Å². The predicted molar refractivity (Wildman–Crippen MR) is 114 cm³/mol. The number of carbonyl (C=O) groups excluding carboxylic acids is 1. The molecule has 1 aromatic carbocycles. The molecule has 0 saturated carbocycles. The lowest BCUT2D eigenvalue weighted by Gasteiger charge is -2.39. The van der Waals surface area contributed by atoms with Crippen molar-refractivity contribution < 1.29 is 37.3 Å². The molecule has 1 amide bonds. The zero-order valence-electron chi connectivity index (χ0n) is 18.9. The monoisotopic (exact) mass is 471 g/mol. The van der Waals surface area contributed by atoms with Crippen LogP contribution in [0.4, 0.5) is 23.7 Å². The second-order valence-electron chi connectivity index (χ2n) is 9.34. The number of carboxylic acid groups (broad SMARTS) is 1.